The lowest BCUT2D eigenvalue weighted by Gasteiger charge is -2.15. The van der Waals surface area contributed by atoms with Crippen LogP contribution in [0.4, 0.5) is 0 Å². The SMILES string of the molecule is CCOC(=O)c1cc2c(=O)n3ccccc3nc2n(CCc2ccccc2)c1=NC(=O)c1cccc(Cl)c1. The van der Waals surface area contributed by atoms with Crippen LogP contribution in [0.25, 0.3) is 16.7 Å². The van der Waals surface area contributed by atoms with Crippen molar-refractivity contribution < 1.29 is 14.3 Å². The van der Waals surface area contributed by atoms with E-state index in [1.807, 2.05) is 30.3 Å². The first-order valence-corrected chi connectivity index (χ1v) is 12.4. The summed E-state index contributed by atoms with van der Waals surface area (Å²) in [7, 11) is 0. The minimum Gasteiger partial charge on any atom is -0.462 e. The fourth-order valence-corrected chi connectivity index (χ4v) is 4.43. The number of rotatable bonds is 6. The first-order chi connectivity index (χ1) is 18.5. The maximum atomic E-state index is 13.5. The van der Waals surface area contributed by atoms with E-state index >= 15 is 0 Å². The highest BCUT2D eigenvalue weighted by molar-refractivity contribution is 6.31. The largest absolute Gasteiger partial charge is 0.462 e. The van der Waals surface area contributed by atoms with Crippen LogP contribution in [0.15, 0.2) is 94.8 Å². The third kappa shape index (κ3) is 4.99. The Balaban J connectivity index is 1.84. The summed E-state index contributed by atoms with van der Waals surface area (Å²) in [6, 6.07) is 22.8. The van der Waals surface area contributed by atoms with Crippen LogP contribution in [0, 0.1) is 0 Å². The Morgan fingerprint density at radius 2 is 1.79 bits per heavy atom. The van der Waals surface area contributed by atoms with Crippen molar-refractivity contribution in [3.63, 3.8) is 0 Å². The second kappa shape index (κ2) is 10.8. The van der Waals surface area contributed by atoms with E-state index < -0.39 is 11.9 Å². The minimum absolute atomic E-state index is 0.00225. The maximum absolute atomic E-state index is 13.5. The molecule has 0 N–H and O–H groups in total. The van der Waals surface area contributed by atoms with Crippen LogP contribution < -0.4 is 11.0 Å². The molecule has 1 amide bonds. The number of hydrogen-bond acceptors (Lipinski definition) is 5. The van der Waals surface area contributed by atoms with Gasteiger partial charge in [-0.05, 0) is 55.3 Å². The first-order valence-electron chi connectivity index (χ1n) is 12.1. The van der Waals surface area contributed by atoms with Gasteiger partial charge in [0.05, 0.1) is 12.0 Å². The normalized spacial score (nSPS) is 11.7. The van der Waals surface area contributed by atoms with Gasteiger partial charge < -0.3 is 9.30 Å². The van der Waals surface area contributed by atoms with Gasteiger partial charge in [-0.2, -0.15) is 4.99 Å². The van der Waals surface area contributed by atoms with Crippen molar-refractivity contribution in [3.8, 4) is 0 Å². The van der Waals surface area contributed by atoms with E-state index in [1.54, 1.807) is 54.1 Å². The third-order valence-electron chi connectivity index (χ3n) is 6.03. The zero-order valence-corrected chi connectivity index (χ0v) is 21.3. The summed E-state index contributed by atoms with van der Waals surface area (Å²) in [5.41, 5.74) is 1.73. The molecule has 5 aromatic rings. The van der Waals surface area contributed by atoms with Crippen molar-refractivity contribution in [2.45, 2.75) is 19.9 Å². The summed E-state index contributed by atoms with van der Waals surface area (Å²) in [5, 5.41) is 0.590. The van der Waals surface area contributed by atoms with Gasteiger partial charge in [0.15, 0.2) is 5.49 Å². The number of esters is 1. The Kier molecular flexibility index (Phi) is 7.15. The zero-order valence-electron chi connectivity index (χ0n) is 20.5. The van der Waals surface area contributed by atoms with E-state index in [0.29, 0.717) is 29.3 Å². The van der Waals surface area contributed by atoms with Crippen molar-refractivity contribution in [1.29, 1.82) is 0 Å². The average Bonchev–Trinajstić information content (AvgIpc) is 2.93. The quantitative estimate of drug-likeness (QED) is 0.240. The van der Waals surface area contributed by atoms with Gasteiger partial charge >= 0.3 is 5.97 Å². The molecule has 5 rings (SSSR count). The lowest BCUT2D eigenvalue weighted by atomic mass is 10.1. The zero-order chi connectivity index (χ0) is 26.6. The molecule has 0 saturated heterocycles. The molecule has 0 bridgehead atoms. The number of halogens is 1. The molecule has 190 valence electrons. The topological polar surface area (TPSA) is 95.0 Å². The second-order valence-electron chi connectivity index (χ2n) is 8.50. The molecular formula is C29H23ClN4O4. The standard InChI is InChI=1S/C29H23ClN4O4/c1-2-38-29(37)23-18-22-25(31-24-13-6-7-15-33(24)28(22)36)34(16-14-19-9-4-3-5-10-19)26(23)32-27(35)20-11-8-12-21(30)17-20/h3-13,15,17-18H,2,14,16H2,1H3. The van der Waals surface area contributed by atoms with Gasteiger partial charge in [0, 0.05) is 23.3 Å². The number of ether oxygens (including phenoxy) is 1. The maximum Gasteiger partial charge on any atom is 0.341 e. The van der Waals surface area contributed by atoms with E-state index in [-0.39, 0.29) is 34.2 Å². The minimum atomic E-state index is -0.696. The lowest BCUT2D eigenvalue weighted by molar-refractivity contribution is 0.0523. The molecule has 38 heavy (non-hydrogen) atoms. The molecule has 0 unspecified atom stereocenters. The summed E-state index contributed by atoms with van der Waals surface area (Å²) in [6.45, 7) is 2.09. The monoisotopic (exact) mass is 526 g/mol. The molecule has 0 atom stereocenters. The van der Waals surface area contributed by atoms with E-state index in [1.165, 1.54) is 16.5 Å². The predicted octanol–water partition coefficient (Wildman–Crippen LogP) is 4.46. The molecule has 3 heterocycles. The van der Waals surface area contributed by atoms with E-state index in [9.17, 15) is 14.4 Å². The molecule has 0 saturated carbocycles. The Labute approximate surface area is 222 Å². The molecule has 8 nitrogen and oxygen atoms in total. The molecule has 2 aromatic carbocycles. The van der Waals surface area contributed by atoms with Crippen LogP contribution in [0.3, 0.4) is 0 Å². The van der Waals surface area contributed by atoms with Crippen molar-refractivity contribution in [1.82, 2.24) is 14.0 Å². The molecule has 0 radical (unpaired) electrons. The van der Waals surface area contributed by atoms with E-state index in [0.717, 1.165) is 5.56 Å². The summed E-state index contributed by atoms with van der Waals surface area (Å²) in [4.78, 5) is 49.0. The summed E-state index contributed by atoms with van der Waals surface area (Å²) in [6.07, 6.45) is 2.15. The molecule has 3 aromatic heterocycles. The number of hydrogen-bond donors (Lipinski definition) is 0. The van der Waals surface area contributed by atoms with Crippen LogP contribution in [-0.2, 0) is 17.7 Å². The predicted molar refractivity (Wildman–Crippen MR) is 144 cm³/mol. The lowest BCUT2D eigenvalue weighted by Crippen LogP contribution is -2.33. The number of carbonyl (C=O) groups is 2. The first kappa shape index (κ1) is 25.1. The fourth-order valence-electron chi connectivity index (χ4n) is 4.24. The Morgan fingerprint density at radius 1 is 1.00 bits per heavy atom. The number of nitrogens with zero attached hydrogens (tertiary/aromatic N) is 4. The van der Waals surface area contributed by atoms with E-state index in [2.05, 4.69) is 4.99 Å². The summed E-state index contributed by atoms with van der Waals surface area (Å²) in [5.74, 6) is -1.29. The number of aromatic nitrogens is 3. The highest BCUT2D eigenvalue weighted by Gasteiger charge is 2.20. The van der Waals surface area contributed by atoms with Gasteiger partial charge in [-0.15, -0.1) is 0 Å². The average molecular weight is 527 g/mol. The van der Waals surface area contributed by atoms with Crippen LogP contribution >= 0.6 is 11.6 Å². The molecule has 0 spiro atoms. The second-order valence-corrected chi connectivity index (χ2v) is 8.94. The van der Waals surface area contributed by atoms with Gasteiger partial charge in [-0.3, -0.25) is 14.0 Å². The molecule has 0 aliphatic rings. The number of amides is 1. The van der Waals surface area contributed by atoms with Gasteiger partial charge in [-0.25, -0.2) is 9.78 Å². The molecular weight excluding hydrogens is 504 g/mol. The Morgan fingerprint density at radius 3 is 2.55 bits per heavy atom. The number of aryl methyl sites for hydroxylation is 2. The summed E-state index contributed by atoms with van der Waals surface area (Å²) < 4.78 is 8.35. The van der Waals surface area contributed by atoms with Crippen molar-refractivity contribution in [2.24, 2.45) is 4.99 Å². The van der Waals surface area contributed by atoms with Gasteiger partial charge in [0.25, 0.3) is 11.5 Å². The molecule has 0 fully saturated rings. The van der Waals surface area contributed by atoms with Crippen molar-refractivity contribution >= 4 is 40.2 Å². The Bertz CT molecular complexity index is 1810. The number of carbonyl (C=O) groups excluding carboxylic acids is 2. The van der Waals surface area contributed by atoms with Crippen LogP contribution in [-0.4, -0.2) is 32.4 Å². The third-order valence-corrected chi connectivity index (χ3v) is 6.27. The fraction of sp³-hybridized carbons (Fsp3) is 0.138. The number of benzene rings is 2. The van der Waals surface area contributed by atoms with Gasteiger partial charge in [0.1, 0.15) is 16.9 Å². The van der Waals surface area contributed by atoms with Gasteiger partial charge in [0.2, 0.25) is 0 Å². The Hall–Kier alpha value is -4.56. The smallest absolute Gasteiger partial charge is 0.341 e. The van der Waals surface area contributed by atoms with Gasteiger partial charge in [-0.1, -0.05) is 54.1 Å². The van der Waals surface area contributed by atoms with Crippen molar-refractivity contribution in [3.05, 3.63) is 123 Å². The van der Waals surface area contributed by atoms with Crippen molar-refractivity contribution in [2.75, 3.05) is 6.61 Å². The molecule has 0 aliphatic heterocycles. The van der Waals surface area contributed by atoms with Crippen LogP contribution in [0.1, 0.15) is 33.2 Å². The number of pyridine rings is 2. The number of fused-ring (bicyclic) bond motifs is 2. The molecule has 9 heteroatoms. The highest BCUT2D eigenvalue weighted by atomic mass is 35.5. The van der Waals surface area contributed by atoms with Crippen LogP contribution in [0.5, 0.6) is 0 Å². The molecule has 0 aliphatic carbocycles. The highest BCUT2D eigenvalue weighted by Crippen LogP contribution is 2.15. The van der Waals surface area contributed by atoms with Crippen LogP contribution in [0.2, 0.25) is 5.02 Å². The summed E-state index contributed by atoms with van der Waals surface area (Å²) >= 11 is 6.09. The van der Waals surface area contributed by atoms with E-state index in [4.69, 9.17) is 21.3 Å².